The fourth-order valence-electron chi connectivity index (χ4n) is 2.53. The van der Waals surface area contributed by atoms with Crippen molar-refractivity contribution < 1.29 is 28.2 Å². The van der Waals surface area contributed by atoms with Gasteiger partial charge in [0.25, 0.3) is 5.69 Å². The van der Waals surface area contributed by atoms with Crippen LogP contribution >= 0.6 is 16.5 Å². The molecule has 1 heterocycles. The number of hydrogen-bond acceptors (Lipinski definition) is 8. The molecule has 29 heavy (non-hydrogen) atoms. The molecule has 0 radical (unpaired) electrons. The highest BCUT2D eigenvalue weighted by molar-refractivity contribution is 7.46. The molecule has 11 nitrogen and oxygen atoms in total. The molecule has 2 unspecified atom stereocenters. The van der Waals surface area contributed by atoms with E-state index in [1.54, 1.807) is 18.3 Å². The van der Waals surface area contributed by atoms with Crippen molar-refractivity contribution in [3.05, 3.63) is 40.6 Å². The van der Waals surface area contributed by atoms with Crippen LogP contribution in [0.5, 0.6) is 0 Å². The van der Waals surface area contributed by atoms with Crippen LogP contribution in [-0.2, 0) is 13.4 Å². The number of fused-ring (bicyclic) bond motifs is 1. The topological polar surface area (TPSA) is 155 Å². The Hall–Kier alpha value is -2.13. The summed E-state index contributed by atoms with van der Waals surface area (Å²) in [6, 6.07) is 6.62. The van der Waals surface area contributed by atoms with Gasteiger partial charge in [-0.2, -0.15) is 0 Å². The molecule has 0 aliphatic heterocycles. The lowest BCUT2D eigenvalue weighted by atomic mass is 10.1. The Morgan fingerprint density at radius 2 is 1.86 bits per heavy atom. The molecular formula is C16H24N4O7P2+2. The van der Waals surface area contributed by atoms with Crippen molar-refractivity contribution in [2.24, 2.45) is 0 Å². The van der Waals surface area contributed by atoms with Gasteiger partial charge in [0.2, 0.25) is 0 Å². The van der Waals surface area contributed by atoms with Crippen molar-refractivity contribution in [3.8, 4) is 0 Å². The van der Waals surface area contributed by atoms with E-state index in [0.29, 0.717) is 0 Å². The zero-order valence-corrected chi connectivity index (χ0v) is 17.9. The summed E-state index contributed by atoms with van der Waals surface area (Å²) in [4.78, 5) is 32.5. The number of aromatic nitrogens is 1. The van der Waals surface area contributed by atoms with Gasteiger partial charge in [-0.05, 0) is 38.2 Å². The maximum atomic E-state index is 10.9. The van der Waals surface area contributed by atoms with E-state index < -0.39 is 16.5 Å². The smallest absolute Gasteiger partial charge is 0.384 e. The van der Waals surface area contributed by atoms with Crippen molar-refractivity contribution in [2.45, 2.75) is 20.3 Å². The number of non-ortho nitro benzene ring substituents is 1. The standard InChI is InChI=1S/C16H22N4O2.O5P2/c1-3-19(4-2)11-5-9-17-16-8-10-18-15-7-6-13(20(21)22)12-14(15)16;1-6(2)5-7(3)4/h6-8,10,12H,3-5,9,11H2,1-2H3,(H,17,18);/p+2. The first-order chi connectivity index (χ1) is 13.8. The number of nitrogens with zero attached hydrogens (tertiary/aromatic N) is 3. The molecule has 2 atom stereocenters. The van der Waals surface area contributed by atoms with Crippen LogP contribution in [-0.4, -0.2) is 50.8 Å². The fraction of sp³-hybridized carbons (Fsp3) is 0.438. The average Bonchev–Trinajstić information content (AvgIpc) is 2.67. The highest BCUT2D eigenvalue weighted by atomic mass is 31.2. The summed E-state index contributed by atoms with van der Waals surface area (Å²) < 4.78 is 22.2. The lowest BCUT2D eigenvalue weighted by molar-refractivity contribution is -0.384. The second kappa shape index (κ2) is 13.2. The Balaban J connectivity index is 0.000000516. The third-order valence-electron chi connectivity index (χ3n) is 3.94. The number of nitro benzene ring substituents is 1. The SMILES string of the molecule is CCN(CC)CCCNc1ccnc2ccc([N+](=O)[O-])cc12.O=[P+](O)O[P+](=O)O. The molecule has 158 valence electrons. The van der Waals surface area contributed by atoms with Gasteiger partial charge in [-0.3, -0.25) is 15.1 Å². The van der Waals surface area contributed by atoms with Gasteiger partial charge in [0.15, 0.2) is 4.31 Å². The van der Waals surface area contributed by atoms with Crippen LogP contribution in [0.2, 0.25) is 0 Å². The highest BCUT2D eigenvalue weighted by Gasteiger charge is 2.31. The second-order valence-corrected chi connectivity index (χ2v) is 7.29. The molecule has 3 N–H and O–H groups in total. The van der Waals surface area contributed by atoms with Crippen LogP contribution in [0, 0.1) is 10.1 Å². The molecule has 1 aromatic carbocycles. The van der Waals surface area contributed by atoms with Crippen molar-refractivity contribution in [3.63, 3.8) is 0 Å². The zero-order chi connectivity index (χ0) is 21.8. The molecule has 13 heteroatoms. The quantitative estimate of drug-likeness (QED) is 0.213. The average molecular weight is 446 g/mol. The Morgan fingerprint density at radius 1 is 1.21 bits per heavy atom. The molecule has 0 saturated carbocycles. The molecule has 0 spiro atoms. The molecule has 0 bridgehead atoms. The van der Waals surface area contributed by atoms with Crippen molar-refractivity contribution in [2.75, 3.05) is 31.5 Å². The summed E-state index contributed by atoms with van der Waals surface area (Å²) in [6.07, 6.45) is 2.75. The van der Waals surface area contributed by atoms with Crippen molar-refractivity contribution >= 4 is 38.8 Å². The van der Waals surface area contributed by atoms with Crippen LogP contribution in [0.3, 0.4) is 0 Å². The van der Waals surface area contributed by atoms with E-state index in [9.17, 15) is 19.2 Å². The number of nitro groups is 1. The van der Waals surface area contributed by atoms with Gasteiger partial charge in [-0.25, -0.2) is 0 Å². The fourth-order valence-corrected chi connectivity index (χ4v) is 3.01. The molecular weight excluding hydrogens is 422 g/mol. The molecule has 2 aromatic rings. The summed E-state index contributed by atoms with van der Waals surface area (Å²) in [7, 11) is -5.85. The van der Waals surface area contributed by atoms with Gasteiger partial charge in [0.1, 0.15) is 0 Å². The third kappa shape index (κ3) is 9.27. The Kier molecular flexibility index (Phi) is 11.3. The van der Waals surface area contributed by atoms with Crippen LogP contribution in [0.25, 0.3) is 10.9 Å². The van der Waals surface area contributed by atoms with Gasteiger partial charge < -0.3 is 10.2 Å². The Labute approximate surface area is 169 Å². The number of hydrogen-bond donors (Lipinski definition) is 3. The molecule has 0 saturated heterocycles. The minimum absolute atomic E-state index is 0.0895. The van der Waals surface area contributed by atoms with E-state index in [4.69, 9.17) is 9.79 Å². The van der Waals surface area contributed by atoms with Crippen molar-refractivity contribution in [1.82, 2.24) is 9.88 Å². The molecule has 2 rings (SSSR count). The summed E-state index contributed by atoms with van der Waals surface area (Å²) in [5.41, 5.74) is 1.75. The third-order valence-corrected chi connectivity index (χ3v) is 5.05. The van der Waals surface area contributed by atoms with E-state index in [-0.39, 0.29) is 10.6 Å². The molecule has 0 fully saturated rings. The summed E-state index contributed by atoms with van der Waals surface area (Å²) in [6.45, 7) is 8.31. The molecule has 1 aromatic heterocycles. The zero-order valence-electron chi connectivity index (χ0n) is 16.1. The van der Waals surface area contributed by atoms with Gasteiger partial charge in [0, 0.05) is 45.1 Å². The predicted molar refractivity (Wildman–Crippen MR) is 110 cm³/mol. The van der Waals surface area contributed by atoms with Crippen LogP contribution in [0.1, 0.15) is 20.3 Å². The van der Waals surface area contributed by atoms with Crippen LogP contribution in [0.15, 0.2) is 30.5 Å². The lowest BCUT2D eigenvalue weighted by Gasteiger charge is -2.18. The van der Waals surface area contributed by atoms with Gasteiger partial charge >= 0.3 is 16.5 Å². The minimum Gasteiger partial charge on any atom is -0.384 e. The highest BCUT2D eigenvalue weighted by Crippen LogP contribution is 2.30. The first-order valence-electron chi connectivity index (χ1n) is 8.78. The normalized spacial score (nSPS) is 11.6. The van der Waals surface area contributed by atoms with E-state index in [1.807, 2.05) is 6.07 Å². The number of benzene rings is 1. The Morgan fingerprint density at radius 3 is 2.38 bits per heavy atom. The maximum Gasteiger partial charge on any atom is 0.745 e. The van der Waals surface area contributed by atoms with Gasteiger partial charge in [-0.1, -0.05) is 13.8 Å². The van der Waals surface area contributed by atoms with E-state index in [2.05, 4.69) is 33.4 Å². The first kappa shape index (κ1) is 24.9. The summed E-state index contributed by atoms with van der Waals surface area (Å²) in [5.74, 6) is 0. The minimum atomic E-state index is -2.92. The van der Waals surface area contributed by atoms with Crippen LogP contribution < -0.4 is 5.32 Å². The van der Waals surface area contributed by atoms with Crippen LogP contribution in [0.4, 0.5) is 11.4 Å². The molecule has 0 amide bonds. The van der Waals surface area contributed by atoms with Gasteiger partial charge in [-0.15, -0.1) is 9.79 Å². The van der Waals surface area contributed by atoms with Crippen molar-refractivity contribution in [1.29, 1.82) is 0 Å². The van der Waals surface area contributed by atoms with E-state index in [1.165, 1.54) is 6.07 Å². The lowest BCUT2D eigenvalue weighted by Crippen LogP contribution is -2.25. The predicted octanol–water partition coefficient (Wildman–Crippen LogP) is 3.59. The van der Waals surface area contributed by atoms with Gasteiger partial charge in [0.05, 0.1) is 10.4 Å². The largest absolute Gasteiger partial charge is 0.745 e. The first-order valence-corrected chi connectivity index (χ1v) is 11.0. The number of pyridine rings is 1. The summed E-state index contributed by atoms with van der Waals surface area (Å²) >= 11 is 0. The Bertz CT molecular complexity index is 837. The second-order valence-electron chi connectivity index (χ2n) is 5.68. The molecule has 0 aliphatic rings. The number of rotatable bonds is 10. The van der Waals surface area contributed by atoms with E-state index in [0.717, 1.165) is 49.2 Å². The maximum absolute atomic E-state index is 10.9. The number of anilines is 1. The molecule has 0 aliphatic carbocycles. The summed E-state index contributed by atoms with van der Waals surface area (Å²) in [5, 5.41) is 15.1. The number of nitrogens with one attached hydrogen (secondary N) is 1. The monoisotopic (exact) mass is 446 g/mol. The van der Waals surface area contributed by atoms with E-state index >= 15 is 0 Å².